The SMILES string of the molecule is O[C@@]1(c2cccc3ccccc23)c2ccccc2[C@@H]2C[C@H]1c1ccccc1[C@@]2(O)c1cccc2ccccc12. The zero-order valence-corrected chi connectivity index (χ0v) is 21.5. The van der Waals surface area contributed by atoms with Crippen molar-refractivity contribution in [1.29, 1.82) is 0 Å². The predicted molar refractivity (Wildman–Crippen MR) is 157 cm³/mol. The zero-order chi connectivity index (χ0) is 26.2. The highest BCUT2D eigenvalue weighted by molar-refractivity contribution is 5.89. The van der Waals surface area contributed by atoms with E-state index in [1.54, 1.807) is 0 Å². The molecule has 8 rings (SSSR count). The molecule has 0 saturated carbocycles. The molecule has 2 N–H and O–H groups in total. The average molecular weight is 505 g/mol. The molecular weight excluding hydrogens is 476 g/mol. The highest BCUT2D eigenvalue weighted by Gasteiger charge is 2.58. The fourth-order valence-electron chi connectivity index (χ4n) is 7.73. The summed E-state index contributed by atoms with van der Waals surface area (Å²) in [5.74, 6) is -0.427. The van der Waals surface area contributed by atoms with E-state index in [1.807, 2.05) is 60.7 Å². The number of aliphatic hydroxyl groups is 2. The Labute approximate surface area is 227 Å². The first-order valence-corrected chi connectivity index (χ1v) is 13.7. The van der Waals surface area contributed by atoms with Gasteiger partial charge < -0.3 is 10.2 Å². The van der Waals surface area contributed by atoms with Crippen LogP contribution in [0.15, 0.2) is 133 Å². The van der Waals surface area contributed by atoms with Crippen LogP contribution in [0.1, 0.15) is 51.6 Å². The van der Waals surface area contributed by atoms with Crippen molar-refractivity contribution in [3.63, 3.8) is 0 Å². The summed E-state index contributed by atoms with van der Waals surface area (Å²) in [5.41, 5.74) is 3.13. The summed E-state index contributed by atoms with van der Waals surface area (Å²) >= 11 is 0. The highest BCUT2D eigenvalue weighted by Crippen LogP contribution is 2.64. The van der Waals surface area contributed by atoms with Crippen LogP contribution in [0.3, 0.4) is 0 Å². The molecule has 188 valence electrons. The van der Waals surface area contributed by atoms with E-state index in [1.165, 1.54) is 0 Å². The van der Waals surface area contributed by atoms with Gasteiger partial charge in [-0.25, -0.2) is 0 Å². The number of rotatable bonds is 2. The first kappa shape index (κ1) is 22.7. The predicted octanol–water partition coefficient (Wildman–Crippen LogP) is 7.75. The van der Waals surface area contributed by atoms with E-state index in [0.717, 1.165) is 54.9 Å². The van der Waals surface area contributed by atoms with Gasteiger partial charge in [-0.05, 0) is 61.3 Å². The van der Waals surface area contributed by atoms with E-state index in [9.17, 15) is 10.2 Å². The lowest BCUT2D eigenvalue weighted by Crippen LogP contribution is -2.50. The molecule has 0 unspecified atom stereocenters. The fourth-order valence-corrected chi connectivity index (χ4v) is 7.73. The molecule has 0 saturated heterocycles. The summed E-state index contributed by atoms with van der Waals surface area (Å²) in [6.45, 7) is 0. The van der Waals surface area contributed by atoms with Gasteiger partial charge in [0, 0.05) is 11.8 Å². The van der Waals surface area contributed by atoms with E-state index in [-0.39, 0.29) is 11.8 Å². The lowest BCUT2D eigenvalue weighted by atomic mass is 9.52. The van der Waals surface area contributed by atoms with Crippen molar-refractivity contribution >= 4 is 21.5 Å². The third kappa shape index (κ3) is 2.93. The minimum Gasteiger partial charge on any atom is -0.380 e. The minimum absolute atomic E-state index is 0.213. The van der Waals surface area contributed by atoms with Gasteiger partial charge in [0.25, 0.3) is 0 Å². The quantitative estimate of drug-likeness (QED) is 0.253. The summed E-state index contributed by atoms with van der Waals surface area (Å²) < 4.78 is 0. The first-order chi connectivity index (χ1) is 19.1. The molecule has 2 bridgehead atoms. The normalized spacial score (nSPS) is 25.3. The van der Waals surface area contributed by atoms with Crippen molar-refractivity contribution in [3.8, 4) is 0 Å². The molecule has 0 spiro atoms. The zero-order valence-electron chi connectivity index (χ0n) is 21.5. The van der Waals surface area contributed by atoms with Gasteiger partial charge in [0.1, 0.15) is 11.2 Å². The van der Waals surface area contributed by atoms with Crippen LogP contribution in [-0.4, -0.2) is 10.2 Å². The Morgan fingerprint density at radius 2 is 0.769 bits per heavy atom. The van der Waals surface area contributed by atoms with Crippen LogP contribution in [0.2, 0.25) is 0 Å². The first-order valence-electron chi connectivity index (χ1n) is 13.7. The maximum atomic E-state index is 13.1. The van der Waals surface area contributed by atoms with Gasteiger partial charge in [0.2, 0.25) is 0 Å². The summed E-state index contributed by atoms with van der Waals surface area (Å²) in [6, 6.07) is 45.5. The van der Waals surface area contributed by atoms with Crippen molar-refractivity contribution in [2.45, 2.75) is 29.5 Å². The third-order valence-corrected chi connectivity index (χ3v) is 9.37. The van der Waals surface area contributed by atoms with Crippen LogP contribution < -0.4 is 0 Å². The van der Waals surface area contributed by atoms with Crippen molar-refractivity contribution < 1.29 is 10.2 Å². The van der Waals surface area contributed by atoms with Crippen LogP contribution in [0.25, 0.3) is 21.5 Å². The van der Waals surface area contributed by atoms with Gasteiger partial charge in [0.05, 0.1) is 0 Å². The summed E-state index contributed by atoms with van der Waals surface area (Å²) in [7, 11) is 0. The molecule has 0 radical (unpaired) electrons. The van der Waals surface area contributed by atoms with Gasteiger partial charge in [-0.15, -0.1) is 0 Å². The Bertz CT molecular complexity index is 1760. The largest absolute Gasteiger partial charge is 0.380 e. The molecule has 0 aliphatic heterocycles. The Kier molecular flexibility index (Phi) is 4.74. The van der Waals surface area contributed by atoms with Crippen molar-refractivity contribution in [2.75, 3.05) is 0 Å². The Hall–Kier alpha value is -4.24. The van der Waals surface area contributed by atoms with Crippen molar-refractivity contribution in [3.05, 3.63) is 167 Å². The van der Waals surface area contributed by atoms with Gasteiger partial charge in [-0.2, -0.15) is 0 Å². The molecule has 6 aromatic carbocycles. The van der Waals surface area contributed by atoms with Gasteiger partial charge >= 0.3 is 0 Å². The van der Waals surface area contributed by atoms with Crippen molar-refractivity contribution in [2.24, 2.45) is 0 Å². The number of fused-ring (bicyclic) bond motifs is 8. The molecule has 2 aliphatic carbocycles. The third-order valence-electron chi connectivity index (χ3n) is 9.37. The van der Waals surface area contributed by atoms with E-state index < -0.39 is 11.2 Å². The average Bonchev–Trinajstić information content (AvgIpc) is 3.00. The minimum atomic E-state index is -1.25. The number of benzene rings is 6. The van der Waals surface area contributed by atoms with Gasteiger partial charge in [-0.3, -0.25) is 0 Å². The van der Waals surface area contributed by atoms with Crippen molar-refractivity contribution in [1.82, 2.24) is 0 Å². The van der Waals surface area contributed by atoms with E-state index in [0.29, 0.717) is 6.42 Å². The molecule has 2 heteroatoms. The molecule has 2 nitrogen and oxygen atoms in total. The molecule has 0 heterocycles. The topological polar surface area (TPSA) is 40.5 Å². The van der Waals surface area contributed by atoms with Crippen LogP contribution in [0.4, 0.5) is 0 Å². The Balaban J connectivity index is 1.47. The van der Waals surface area contributed by atoms with Crippen LogP contribution in [0, 0.1) is 0 Å². The second kappa shape index (κ2) is 8.13. The summed E-state index contributed by atoms with van der Waals surface area (Å²) in [6.07, 6.45) is 0.632. The van der Waals surface area contributed by atoms with Gasteiger partial charge in [-0.1, -0.05) is 133 Å². The molecule has 0 aromatic heterocycles. The molecule has 2 aliphatic rings. The second-order valence-corrected chi connectivity index (χ2v) is 11.1. The van der Waals surface area contributed by atoms with Crippen LogP contribution in [0.5, 0.6) is 0 Å². The molecule has 6 aromatic rings. The number of hydrogen-bond donors (Lipinski definition) is 2. The maximum absolute atomic E-state index is 13.1. The Morgan fingerprint density at radius 3 is 1.26 bits per heavy atom. The molecular formula is C37H28O2. The smallest absolute Gasteiger partial charge is 0.122 e. The fraction of sp³-hybridized carbons (Fsp3) is 0.135. The standard InChI is InChI=1S/C37H28O2/c38-36(30-21-9-13-24-11-1-3-15-26(24)30)32-19-7-5-17-28(32)35-23-34(36)29-18-6-8-20-33(29)37(35,39)31-22-10-14-25-12-2-4-16-27(25)31/h1-22,34-35,38-39H,23H2/t34-,35-,36-,37-/m0/s1. The van der Waals surface area contributed by atoms with E-state index in [4.69, 9.17) is 0 Å². The lowest BCUT2D eigenvalue weighted by Gasteiger charge is -2.54. The molecule has 0 fully saturated rings. The molecule has 4 atom stereocenters. The van der Waals surface area contributed by atoms with E-state index >= 15 is 0 Å². The maximum Gasteiger partial charge on any atom is 0.122 e. The monoisotopic (exact) mass is 504 g/mol. The molecule has 0 amide bonds. The number of hydrogen-bond acceptors (Lipinski definition) is 2. The van der Waals surface area contributed by atoms with Crippen LogP contribution >= 0.6 is 0 Å². The molecule has 39 heavy (non-hydrogen) atoms. The summed E-state index contributed by atoms with van der Waals surface area (Å²) in [4.78, 5) is 0. The highest BCUT2D eigenvalue weighted by atomic mass is 16.3. The van der Waals surface area contributed by atoms with Crippen LogP contribution in [-0.2, 0) is 11.2 Å². The summed E-state index contributed by atoms with van der Waals surface area (Å²) in [5, 5.41) is 30.5. The van der Waals surface area contributed by atoms with E-state index in [2.05, 4.69) is 72.8 Å². The lowest BCUT2D eigenvalue weighted by molar-refractivity contribution is -0.0215. The Morgan fingerprint density at radius 1 is 0.410 bits per heavy atom. The second-order valence-electron chi connectivity index (χ2n) is 11.1. The van der Waals surface area contributed by atoms with Gasteiger partial charge in [0.15, 0.2) is 0 Å².